The van der Waals surface area contributed by atoms with Crippen molar-refractivity contribution in [3.63, 3.8) is 0 Å². The number of rotatable bonds is 4. The Labute approximate surface area is 185 Å². The van der Waals surface area contributed by atoms with Gasteiger partial charge in [0.2, 0.25) is 17.8 Å². The molecule has 0 saturated carbocycles. The number of piperazine rings is 1. The SMILES string of the molecule is CCOC(=O)[C@@H]1C(=O)NC(N2CCN(c3ncccn3)CC2)=N[C@H]1c1ccc(Cl)cc1. The molecule has 1 fully saturated rings. The molecule has 0 unspecified atom stereocenters. The Morgan fingerprint density at radius 2 is 1.77 bits per heavy atom. The standard InChI is InChI=1S/C21H23ClN6O3/c1-2-31-19(30)16-17(14-4-6-15(22)7-5-14)25-21(26-18(16)29)28-12-10-27(11-13-28)20-23-8-3-9-24-20/h3-9,16-17H,2,10-13H2,1H3,(H,25,26,29)/t16-,17-/m0/s1. The number of benzene rings is 1. The van der Waals surface area contributed by atoms with Crippen molar-refractivity contribution in [2.75, 3.05) is 37.7 Å². The van der Waals surface area contributed by atoms with Crippen LogP contribution in [0.3, 0.4) is 0 Å². The summed E-state index contributed by atoms with van der Waals surface area (Å²) >= 11 is 6.01. The Kier molecular flexibility index (Phi) is 6.31. The molecule has 0 aliphatic carbocycles. The molecule has 162 valence electrons. The maximum Gasteiger partial charge on any atom is 0.321 e. The fraction of sp³-hybridized carbons (Fsp3) is 0.381. The molecule has 1 aromatic carbocycles. The summed E-state index contributed by atoms with van der Waals surface area (Å²) in [6.07, 6.45) is 3.43. The number of nitrogens with zero attached hydrogens (tertiary/aromatic N) is 5. The highest BCUT2D eigenvalue weighted by molar-refractivity contribution is 6.30. The van der Waals surface area contributed by atoms with Gasteiger partial charge in [0.05, 0.1) is 6.61 Å². The molecule has 0 spiro atoms. The van der Waals surface area contributed by atoms with Crippen molar-refractivity contribution in [2.24, 2.45) is 10.9 Å². The molecule has 3 heterocycles. The zero-order valence-electron chi connectivity index (χ0n) is 17.1. The Bertz CT molecular complexity index is 961. The average molecular weight is 443 g/mol. The lowest BCUT2D eigenvalue weighted by Crippen LogP contribution is -2.57. The van der Waals surface area contributed by atoms with Gasteiger partial charge in [0.1, 0.15) is 6.04 Å². The molecule has 1 N–H and O–H groups in total. The van der Waals surface area contributed by atoms with E-state index < -0.39 is 23.8 Å². The number of amides is 1. The van der Waals surface area contributed by atoms with Crippen molar-refractivity contribution in [3.05, 3.63) is 53.3 Å². The second kappa shape index (κ2) is 9.30. The van der Waals surface area contributed by atoms with Crippen LogP contribution < -0.4 is 10.2 Å². The largest absolute Gasteiger partial charge is 0.465 e. The Morgan fingerprint density at radius 1 is 1.13 bits per heavy atom. The number of ether oxygens (including phenoxy) is 1. The molecule has 2 aromatic rings. The fourth-order valence-electron chi connectivity index (χ4n) is 3.70. The fourth-order valence-corrected chi connectivity index (χ4v) is 3.82. The first-order valence-corrected chi connectivity index (χ1v) is 10.5. The van der Waals surface area contributed by atoms with Crippen LogP contribution in [0.1, 0.15) is 18.5 Å². The second-order valence-electron chi connectivity index (χ2n) is 7.19. The molecule has 1 amide bonds. The van der Waals surface area contributed by atoms with Gasteiger partial charge in [-0.15, -0.1) is 0 Å². The van der Waals surface area contributed by atoms with E-state index in [1.54, 1.807) is 49.6 Å². The first-order valence-electron chi connectivity index (χ1n) is 10.1. The number of esters is 1. The number of anilines is 1. The number of hydrogen-bond acceptors (Lipinski definition) is 8. The van der Waals surface area contributed by atoms with Gasteiger partial charge in [-0.3, -0.25) is 14.9 Å². The van der Waals surface area contributed by atoms with Crippen molar-refractivity contribution in [2.45, 2.75) is 13.0 Å². The zero-order valence-corrected chi connectivity index (χ0v) is 17.8. The molecular weight excluding hydrogens is 420 g/mol. The molecule has 10 heteroatoms. The van der Waals surface area contributed by atoms with Crippen molar-refractivity contribution in [1.29, 1.82) is 0 Å². The van der Waals surface area contributed by atoms with Crippen LogP contribution in [-0.2, 0) is 14.3 Å². The number of nitrogens with one attached hydrogen (secondary N) is 1. The molecule has 2 aliphatic rings. The summed E-state index contributed by atoms with van der Waals surface area (Å²) in [4.78, 5) is 42.9. The number of guanidine groups is 1. The Morgan fingerprint density at radius 3 is 2.42 bits per heavy atom. The molecule has 1 saturated heterocycles. The van der Waals surface area contributed by atoms with E-state index in [-0.39, 0.29) is 6.61 Å². The molecule has 0 radical (unpaired) electrons. The number of hydrogen-bond donors (Lipinski definition) is 1. The van der Waals surface area contributed by atoms with E-state index in [4.69, 9.17) is 21.3 Å². The number of aromatic nitrogens is 2. The summed E-state index contributed by atoms with van der Waals surface area (Å²) in [7, 11) is 0. The first kappa shape index (κ1) is 21.0. The highest BCUT2D eigenvalue weighted by atomic mass is 35.5. The van der Waals surface area contributed by atoms with Crippen LogP contribution >= 0.6 is 11.6 Å². The van der Waals surface area contributed by atoms with Gasteiger partial charge in [0, 0.05) is 43.6 Å². The lowest BCUT2D eigenvalue weighted by atomic mass is 9.91. The van der Waals surface area contributed by atoms with E-state index in [0.29, 0.717) is 43.1 Å². The van der Waals surface area contributed by atoms with Gasteiger partial charge in [-0.05, 0) is 30.7 Å². The van der Waals surface area contributed by atoms with Gasteiger partial charge in [0.15, 0.2) is 5.92 Å². The van der Waals surface area contributed by atoms with E-state index in [0.717, 1.165) is 5.56 Å². The second-order valence-corrected chi connectivity index (χ2v) is 7.63. The normalized spacial score (nSPS) is 21.4. The van der Waals surface area contributed by atoms with E-state index in [1.807, 2.05) is 4.90 Å². The van der Waals surface area contributed by atoms with Gasteiger partial charge in [0.25, 0.3) is 0 Å². The van der Waals surface area contributed by atoms with Crippen molar-refractivity contribution in [1.82, 2.24) is 20.2 Å². The van der Waals surface area contributed by atoms with Gasteiger partial charge < -0.3 is 14.5 Å². The topological polar surface area (TPSA) is 100 Å². The molecular formula is C21H23ClN6O3. The highest BCUT2D eigenvalue weighted by Crippen LogP contribution is 2.31. The van der Waals surface area contributed by atoms with E-state index in [1.165, 1.54) is 0 Å². The lowest BCUT2D eigenvalue weighted by molar-refractivity contribution is -0.153. The van der Waals surface area contributed by atoms with Crippen LogP contribution in [0.5, 0.6) is 0 Å². The Balaban J connectivity index is 1.56. The minimum Gasteiger partial charge on any atom is -0.465 e. The number of halogens is 1. The smallest absolute Gasteiger partial charge is 0.321 e. The van der Waals surface area contributed by atoms with Gasteiger partial charge in [-0.1, -0.05) is 23.7 Å². The summed E-state index contributed by atoms with van der Waals surface area (Å²) in [5.74, 6) is -0.924. The monoisotopic (exact) mass is 442 g/mol. The average Bonchev–Trinajstić information content (AvgIpc) is 2.80. The lowest BCUT2D eigenvalue weighted by Gasteiger charge is -2.38. The predicted octanol–water partition coefficient (Wildman–Crippen LogP) is 1.66. The molecule has 1 aromatic heterocycles. The summed E-state index contributed by atoms with van der Waals surface area (Å²) < 4.78 is 5.14. The molecule has 0 bridgehead atoms. The Hall–Kier alpha value is -3.20. The van der Waals surface area contributed by atoms with Crippen molar-refractivity contribution < 1.29 is 14.3 Å². The highest BCUT2D eigenvalue weighted by Gasteiger charge is 2.42. The van der Waals surface area contributed by atoms with E-state index in [2.05, 4.69) is 20.2 Å². The minimum atomic E-state index is -1.05. The van der Waals surface area contributed by atoms with Crippen LogP contribution in [0.2, 0.25) is 5.02 Å². The number of carbonyl (C=O) groups is 2. The quantitative estimate of drug-likeness (QED) is 0.567. The van der Waals surface area contributed by atoms with E-state index in [9.17, 15) is 9.59 Å². The van der Waals surface area contributed by atoms with Gasteiger partial charge in [-0.2, -0.15) is 0 Å². The summed E-state index contributed by atoms with van der Waals surface area (Å²) in [5, 5.41) is 3.37. The van der Waals surface area contributed by atoms with Crippen LogP contribution in [0.4, 0.5) is 5.95 Å². The van der Waals surface area contributed by atoms with Crippen LogP contribution in [0.15, 0.2) is 47.7 Å². The third-order valence-electron chi connectivity index (χ3n) is 5.26. The van der Waals surface area contributed by atoms with Crippen LogP contribution in [0.25, 0.3) is 0 Å². The minimum absolute atomic E-state index is 0.191. The van der Waals surface area contributed by atoms with Crippen molar-refractivity contribution in [3.8, 4) is 0 Å². The van der Waals surface area contributed by atoms with Crippen LogP contribution in [-0.4, -0.2) is 65.5 Å². The van der Waals surface area contributed by atoms with Gasteiger partial charge >= 0.3 is 5.97 Å². The van der Waals surface area contributed by atoms with Crippen LogP contribution in [0, 0.1) is 5.92 Å². The van der Waals surface area contributed by atoms with Crippen molar-refractivity contribution >= 4 is 35.4 Å². The molecule has 2 aliphatic heterocycles. The maximum atomic E-state index is 12.9. The molecule has 4 rings (SSSR count). The summed E-state index contributed by atoms with van der Waals surface area (Å²) in [6, 6.07) is 8.10. The number of aliphatic imine (C=N–C) groups is 1. The molecule has 31 heavy (non-hydrogen) atoms. The van der Waals surface area contributed by atoms with Gasteiger partial charge in [-0.25, -0.2) is 15.0 Å². The van der Waals surface area contributed by atoms with E-state index >= 15 is 0 Å². The first-order chi connectivity index (χ1) is 15.1. The number of carbonyl (C=O) groups excluding carboxylic acids is 2. The molecule has 9 nitrogen and oxygen atoms in total. The third-order valence-corrected chi connectivity index (χ3v) is 5.51. The molecule has 2 atom stereocenters. The maximum absolute atomic E-state index is 12.9. The summed E-state index contributed by atoms with van der Waals surface area (Å²) in [5.41, 5.74) is 0.728. The predicted molar refractivity (Wildman–Crippen MR) is 116 cm³/mol. The summed E-state index contributed by atoms with van der Waals surface area (Å²) in [6.45, 7) is 4.54. The zero-order chi connectivity index (χ0) is 21.8. The third kappa shape index (κ3) is 4.61.